The molecule has 0 spiro atoms. The zero-order valence-corrected chi connectivity index (χ0v) is 34.0. The lowest BCUT2D eigenvalue weighted by Crippen LogP contribution is -2.30. The molecule has 2 aliphatic carbocycles. The maximum absolute atomic E-state index is 13.5. The van der Waals surface area contributed by atoms with Gasteiger partial charge in [-0.1, -0.05) is 49.3 Å². The van der Waals surface area contributed by atoms with Crippen molar-refractivity contribution in [2.45, 2.75) is 89.6 Å². The fourth-order valence-electron chi connectivity index (χ4n) is 7.04. The number of unbranched alkanes of at least 4 members (excludes halogenated alkanes) is 3. The molecule has 59 heavy (non-hydrogen) atoms. The molecule has 0 atom stereocenters. The molecule has 1 aromatic heterocycles. The van der Waals surface area contributed by atoms with Gasteiger partial charge in [0.1, 0.15) is 29.7 Å². The zero-order valence-electron chi connectivity index (χ0n) is 33.2. The molecular formula is C45H51N3O10S. The first-order chi connectivity index (χ1) is 28.9. The fourth-order valence-corrected chi connectivity index (χ4v) is 7.95. The Morgan fingerprint density at radius 2 is 1.47 bits per heavy atom. The summed E-state index contributed by atoms with van der Waals surface area (Å²) >= 11 is 1.50. The SMILES string of the molecule is C=CC(=O)OCCCCCCOc1ccc(OC(=O)[C@H]2CC[C@H](C(=O)Oc3ccc(OC=O)cc3/C=N/N(COC3CCCCC3)c3nc4ccccc4s3)CC2)cc1. The van der Waals surface area contributed by atoms with Gasteiger partial charge < -0.3 is 28.4 Å². The predicted octanol–water partition coefficient (Wildman–Crippen LogP) is 8.96. The highest BCUT2D eigenvalue weighted by Crippen LogP contribution is 2.34. The van der Waals surface area contributed by atoms with Crippen LogP contribution in [0.25, 0.3) is 10.2 Å². The number of aromatic nitrogens is 1. The molecule has 3 aromatic carbocycles. The number of carbonyl (C=O) groups excluding carboxylic acids is 4. The molecule has 0 unspecified atom stereocenters. The fraction of sp³-hybridized carbons (Fsp3) is 0.422. The summed E-state index contributed by atoms with van der Waals surface area (Å²) < 4.78 is 34.8. The van der Waals surface area contributed by atoms with E-state index in [9.17, 15) is 19.2 Å². The van der Waals surface area contributed by atoms with Gasteiger partial charge in [0.2, 0.25) is 5.13 Å². The largest absolute Gasteiger partial charge is 0.494 e. The lowest BCUT2D eigenvalue weighted by molar-refractivity contribution is -0.145. The zero-order chi connectivity index (χ0) is 41.2. The monoisotopic (exact) mass is 825 g/mol. The van der Waals surface area contributed by atoms with Crippen LogP contribution >= 0.6 is 11.3 Å². The van der Waals surface area contributed by atoms with E-state index in [1.165, 1.54) is 17.8 Å². The highest BCUT2D eigenvalue weighted by molar-refractivity contribution is 7.22. The van der Waals surface area contributed by atoms with Crippen LogP contribution in [0.15, 0.2) is 84.5 Å². The van der Waals surface area contributed by atoms with E-state index in [4.69, 9.17) is 38.5 Å². The van der Waals surface area contributed by atoms with Gasteiger partial charge in [-0.2, -0.15) is 5.10 Å². The topological polar surface area (TPSA) is 152 Å². The molecule has 0 aliphatic heterocycles. The molecule has 0 amide bonds. The number of rotatable bonds is 21. The van der Waals surface area contributed by atoms with Crippen molar-refractivity contribution < 1.29 is 47.6 Å². The number of ether oxygens (including phenoxy) is 6. The lowest BCUT2D eigenvalue weighted by Gasteiger charge is -2.26. The van der Waals surface area contributed by atoms with Crippen LogP contribution in [0.2, 0.25) is 0 Å². The van der Waals surface area contributed by atoms with Crippen molar-refractivity contribution in [1.82, 2.24) is 4.98 Å². The van der Waals surface area contributed by atoms with Gasteiger partial charge in [0.15, 0.2) is 0 Å². The minimum atomic E-state index is -0.413. The van der Waals surface area contributed by atoms with Crippen LogP contribution in [-0.4, -0.2) is 61.6 Å². The highest BCUT2D eigenvalue weighted by Gasteiger charge is 2.32. The molecule has 0 radical (unpaired) electrons. The summed E-state index contributed by atoms with van der Waals surface area (Å²) in [7, 11) is 0. The Morgan fingerprint density at radius 1 is 0.797 bits per heavy atom. The Morgan fingerprint density at radius 3 is 2.19 bits per heavy atom. The summed E-state index contributed by atoms with van der Waals surface area (Å²) in [4.78, 5) is 53.6. The van der Waals surface area contributed by atoms with Crippen molar-refractivity contribution in [2.75, 3.05) is 25.0 Å². The first kappa shape index (κ1) is 43.0. The number of esters is 3. The Balaban J connectivity index is 0.999. The van der Waals surface area contributed by atoms with Crippen LogP contribution in [-0.2, 0) is 28.7 Å². The van der Waals surface area contributed by atoms with Crippen LogP contribution in [0.1, 0.15) is 89.0 Å². The Kier molecular flexibility index (Phi) is 16.4. The molecule has 2 saturated carbocycles. The van der Waals surface area contributed by atoms with Crippen molar-refractivity contribution in [1.29, 1.82) is 0 Å². The molecule has 0 N–H and O–H groups in total. The third-order valence-corrected chi connectivity index (χ3v) is 11.4. The molecular weight excluding hydrogens is 775 g/mol. The smallest absolute Gasteiger partial charge is 0.330 e. The van der Waals surface area contributed by atoms with Crippen LogP contribution in [0, 0.1) is 11.8 Å². The van der Waals surface area contributed by atoms with E-state index in [1.807, 2.05) is 24.3 Å². The Hall–Kier alpha value is -5.60. The number of nitrogens with zero attached hydrogens (tertiary/aromatic N) is 3. The quantitative estimate of drug-likeness (QED) is 0.0115. The van der Waals surface area contributed by atoms with Gasteiger partial charge in [-0.15, -0.1) is 0 Å². The average Bonchev–Trinajstić information content (AvgIpc) is 3.70. The van der Waals surface area contributed by atoms with E-state index in [2.05, 4.69) is 6.58 Å². The molecule has 6 rings (SSSR count). The first-order valence-electron chi connectivity index (χ1n) is 20.4. The van der Waals surface area contributed by atoms with Gasteiger partial charge in [-0.25, -0.2) is 14.8 Å². The van der Waals surface area contributed by atoms with Gasteiger partial charge in [0.25, 0.3) is 6.47 Å². The van der Waals surface area contributed by atoms with E-state index in [-0.39, 0.29) is 36.2 Å². The van der Waals surface area contributed by atoms with Gasteiger partial charge in [-0.05, 0) is 119 Å². The first-order valence-corrected chi connectivity index (χ1v) is 21.2. The number of hydrogen-bond donors (Lipinski definition) is 0. The number of hydrazone groups is 1. The maximum atomic E-state index is 13.5. The van der Waals surface area contributed by atoms with Crippen LogP contribution < -0.4 is 24.0 Å². The van der Waals surface area contributed by atoms with Crippen LogP contribution in [0.3, 0.4) is 0 Å². The van der Waals surface area contributed by atoms with Gasteiger partial charge in [-0.3, -0.25) is 14.4 Å². The molecule has 14 heteroatoms. The van der Waals surface area contributed by atoms with E-state index in [0.29, 0.717) is 67.6 Å². The second-order valence-electron chi connectivity index (χ2n) is 14.6. The van der Waals surface area contributed by atoms with Gasteiger partial charge >= 0.3 is 17.9 Å². The minimum absolute atomic E-state index is 0.142. The molecule has 4 aromatic rings. The average molecular weight is 826 g/mol. The van der Waals surface area contributed by atoms with E-state index in [0.717, 1.165) is 67.7 Å². The third-order valence-electron chi connectivity index (χ3n) is 10.4. The number of fused-ring (bicyclic) bond motifs is 1. The van der Waals surface area contributed by atoms with E-state index >= 15 is 0 Å². The summed E-state index contributed by atoms with van der Waals surface area (Å²) in [6.45, 7) is 4.83. The number of benzene rings is 3. The Bertz CT molecular complexity index is 2000. The van der Waals surface area contributed by atoms with Crippen molar-refractivity contribution in [2.24, 2.45) is 16.9 Å². The molecule has 312 valence electrons. The Labute approximate surface area is 348 Å². The van der Waals surface area contributed by atoms with Gasteiger partial charge in [0, 0.05) is 11.6 Å². The maximum Gasteiger partial charge on any atom is 0.330 e. The highest BCUT2D eigenvalue weighted by atomic mass is 32.1. The normalized spacial score (nSPS) is 16.9. The summed E-state index contributed by atoms with van der Waals surface area (Å²) in [5, 5.41) is 7.10. The molecule has 2 fully saturated rings. The molecule has 0 bridgehead atoms. The molecule has 1 heterocycles. The number of hydrogen-bond acceptors (Lipinski definition) is 14. The van der Waals surface area contributed by atoms with Crippen molar-refractivity contribution in [3.8, 4) is 23.0 Å². The minimum Gasteiger partial charge on any atom is -0.494 e. The van der Waals surface area contributed by atoms with Crippen molar-refractivity contribution in [3.05, 3.63) is 84.9 Å². The second-order valence-corrected chi connectivity index (χ2v) is 15.6. The lowest BCUT2D eigenvalue weighted by atomic mass is 9.82. The van der Waals surface area contributed by atoms with Crippen molar-refractivity contribution in [3.63, 3.8) is 0 Å². The van der Waals surface area contributed by atoms with Gasteiger partial charge in [0.05, 0.1) is 47.6 Å². The summed E-state index contributed by atoms with van der Waals surface area (Å²) in [5.74, 6) is -0.282. The van der Waals surface area contributed by atoms with Crippen molar-refractivity contribution >= 4 is 57.3 Å². The summed E-state index contributed by atoms with van der Waals surface area (Å²) in [5.41, 5.74) is 1.28. The van der Waals surface area contributed by atoms with Crippen LogP contribution in [0.4, 0.5) is 5.13 Å². The van der Waals surface area contributed by atoms with Crippen LogP contribution in [0.5, 0.6) is 23.0 Å². The molecule has 0 saturated heterocycles. The molecule has 13 nitrogen and oxygen atoms in total. The summed E-state index contributed by atoms with van der Waals surface area (Å²) in [6, 6.07) is 19.5. The number of thiazole rings is 1. The number of para-hydroxylation sites is 1. The second kappa shape index (κ2) is 22.5. The third kappa shape index (κ3) is 13.2. The standard InChI is InChI=1S/C45H51N3O10S/c1-2-42(50)54-27-11-4-3-10-26-53-36-20-22-37(23-21-36)57-43(51)32-16-18-33(19-17-32)44(52)58-40-25-24-38(56-31-49)28-34(40)29-46-48(30-55-35-12-6-5-7-13-35)45-47-39-14-8-9-15-41(39)59-45/h2,8-9,14-15,20-25,28-29,31-33,35H,1,3-7,10-13,16-19,26-27,30H2/b46-29+/t32-,33-. The van der Waals surface area contributed by atoms with E-state index < -0.39 is 17.9 Å². The number of anilines is 1. The van der Waals surface area contributed by atoms with E-state index in [1.54, 1.807) is 53.7 Å². The predicted molar refractivity (Wildman–Crippen MR) is 224 cm³/mol. The summed E-state index contributed by atoms with van der Waals surface area (Å²) in [6.07, 6.45) is 13.8. The molecule has 2 aliphatic rings. The number of carbonyl (C=O) groups is 4.